The maximum absolute atomic E-state index is 13.8. The Kier molecular flexibility index (Phi) is 38.3. The molecule has 89 heavy (non-hydrogen) atoms. The second-order valence-corrected chi connectivity index (χ2v) is 22.3. The molecular weight excluding hydrogens is 1120 g/mol. The largest absolute Gasteiger partial charge is 0.497 e. The summed E-state index contributed by atoms with van der Waals surface area (Å²) in [5.74, 6) is 2.09. The molecular formula is C75H104O14. The lowest BCUT2D eigenvalue weighted by Gasteiger charge is -2.46. The fourth-order valence-corrected chi connectivity index (χ4v) is 9.96. The molecule has 1 saturated heterocycles. The highest BCUT2D eigenvalue weighted by Crippen LogP contribution is 2.33. The van der Waals surface area contributed by atoms with E-state index in [0.29, 0.717) is 24.3 Å². The van der Waals surface area contributed by atoms with Gasteiger partial charge in [-0.25, -0.2) is 0 Å². The Morgan fingerprint density at radius 3 is 1.29 bits per heavy atom. The van der Waals surface area contributed by atoms with E-state index in [1.165, 1.54) is 44.9 Å². The van der Waals surface area contributed by atoms with Gasteiger partial charge in [0, 0.05) is 12.8 Å². The number of esters is 2. The quantitative estimate of drug-likeness (QED) is 0.0235. The lowest BCUT2D eigenvalue weighted by atomic mass is 9.97. The number of rotatable bonds is 48. The van der Waals surface area contributed by atoms with Crippen molar-refractivity contribution in [3.05, 3.63) is 180 Å². The first-order valence-corrected chi connectivity index (χ1v) is 32.6. The number of carbonyl (C=O) groups excluding carboxylic acids is 2. The summed E-state index contributed by atoms with van der Waals surface area (Å²) in [6.45, 7) is 4.82. The molecule has 0 bridgehead atoms. The van der Waals surface area contributed by atoms with Crippen LogP contribution in [-0.2, 0) is 73.9 Å². The standard InChI is InChI=1S/C75H104O14/c1-7-9-11-13-15-17-19-20-21-22-23-24-26-27-29-31-33-35-70(76)83-57-68(88-71(77)36-34-32-30-28-25-18-16-14-12-10-8-2)58-87-75-74(86-56-63-43-51-67(81-6)52-44-63)73(85-55-62-41-49-66(80-5)50-42-62)72(84-54-61-39-47-65(79-4)48-40-61)69(89-75)59-82-53-60-37-45-64(78-3)46-38-60/h9,11,15,17,20-21,23-24,27,29,37-52,68-69,72-75H,7-8,10,12-14,16,18-19,22,25-26,28,30-36,53-59H2,1-6H3/b11-9-,17-15-,21-20-,24-23-,29-27-/t68?,69-,72+,73+,74-,75-/m1/s1. The third-order valence-corrected chi connectivity index (χ3v) is 15.2. The Morgan fingerprint density at radius 1 is 0.427 bits per heavy atom. The van der Waals surface area contributed by atoms with Gasteiger partial charge in [-0.05, 0) is 122 Å². The Morgan fingerprint density at radius 2 is 0.831 bits per heavy atom. The van der Waals surface area contributed by atoms with Crippen molar-refractivity contribution in [1.82, 2.24) is 0 Å². The van der Waals surface area contributed by atoms with Gasteiger partial charge in [-0.15, -0.1) is 0 Å². The Bertz CT molecular complexity index is 2610. The number of carbonyl (C=O) groups is 2. The molecule has 1 unspecified atom stereocenters. The van der Waals surface area contributed by atoms with Crippen LogP contribution in [0.15, 0.2) is 158 Å². The average molecular weight is 1230 g/mol. The normalized spacial score (nSPS) is 17.3. The molecule has 0 radical (unpaired) electrons. The van der Waals surface area contributed by atoms with E-state index in [1.807, 2.05) is 97.1 Å². The second kappa shape index (κ2) is 46.5. The number of unbranched alkanes of at least 4 members (excludes halogenated alkanes) is 11. The molecule has 0 aliphatic carbocycles. The van der Waals surface area contributed by atoms with Crippen LogP contribution in [0.1, 0.15) is 165 Å². The molecule has 6 atom stereocenters. The van der Waals surface area contributed by atoms with Crippen molar-refractivity contribution in [3.63, 3.8) is 0 Å². The Hall–Kier alpha value is -6.52. The molecule has 0 N–H and O–H groups in total. The van der Waals surface area contributed by atoms with Gasteiger partial charge >= 0.3 is 11.9 Å². The van der Waals surface area contributed by atoms with Gasteiger partial charge in [0.05, 0.1) is 68.1 Å². The Balaban J connectivity index is 1.34. The van der Waals surface area contributed by atoms with Crippen molar-refractivity contribution in [1.29, 1.82) is 0 Å². The van der Waals surface area contributed by atoms with E-state index < -0.39 is 48.7 Å². The third kappa shape index (κ3) is 31.2. The highest BCUT2D eigenvalue weighted by Gasteiger charge is 2.49. The molecule has 1 fully saturated rings. The third-order valence-electron chi connectivity index (χ3n) is 15.2. The van der Waals surface area contributed by atoms with Crippen molar-refractivity contribution in [2.24, 2.45) is 0 Å². The summed E-state index contributed by atoms with van der Waals surface area (Å²) in [5.41, 5.74) is 3.57. The minimum atomic E-state index is -1.13. The zero-order valence-corrected chi connectivity index (χ0v) is 54.3. The monoisotopic (exact) mass is 1230 g/mol. The zero-order valence-electron chi connectivity index (χ0n) is 54.3. The fraction of sp³-hybridized carbons (Fsp3) is 0.520. The van der Waals surface area contributed by atoms with Gasteiger partial charge in [0.25, 0.3) is 0 Å². The van der Waals surface area contributed by atoms with E-state index >= 15 is 0 Å². The van der Waals surface area contributed by atoms with Gasteiger partial charge in [-0.2, -0.15) is 0 Å². The smallest absolute Gasteiger partial charge is 0.306 e. The van der Waals surface area contributed by atoms with Crippen LogP contribution in [0.3, 0.4) is 0 Å². The van der Waals surface area contributed by atoms with Crippen LogP contribution in [0, 0.1) is 0 Å². The minimum Gasteiger partial charge on any atom is -0.497 e. The molecule has 14 heteroatoms. The van der Waals surface area contributed by atoms with Gasteiger partial charge in [-0.3, -0.25) is 9.59 Å². The molecule has 4 aromatic carbocycles. The van der Waals surface area contributed by atoms with Crippen LogP contribution in [-0.4, -0.2) is 97.0 Å². The highest BCUT2D eigenvalue weighted by atomic mass is 16.7. The lowest BCUT2D eigenvalue weighted by Crippen LogP contribution is -2.62. The summed E-state index contributed by atoms with van der Waals surface area (Å²) in [6.07, 6.45) is 35.4. The summed E-state index contributed by atoms with van der Waals surface area (Å²) in [4.78, 5) is 27.2. The maximum atomic E-state index is 13.8. The van der Waals surface area contributed by atoms with Gasteiger partial charge in [0.15, 0.2) is 12.4 Å². The van der Waals surface area contributed by atoms with Crippen molar-refractivity contribution < 1.29 is 66.4 Å². The van der Waals surface area contributed by atoms with Crippen molar-refractivity contribution in [2.75, 3.05) is 48.3 Å². The first kappa shape index (κ1) is 73.2. The second-order valence-electron chi connectivity index (χ2n) is 22.3. The van der Waals surface area contributed by atoms with E-state index in [9.17, 15) is 9.59 Å². The molecule has 0 spiro atoms. The highest BCUT2D eigenvalue weighted by molar-refractivity contribution is 5.70. The van der Waals surface area contributed by atoms with Gasteiger partial charge in [0.1, 0.15) is 54.0 Å². The first-order chi connectivity index (χ1) is 43.7. The molecule has 4 aromatic rings. The van der Waals surface area contributed by atoms with Gasteiger partial charge < -0.3 is 56.8 Å². The Labute approximate surface area is 532 Å². The topological polar surface area (TPSA) is 145 Å². The van der Waals surface area contributed by atoms with E-state index in [2.05, 4.69) is 74.6 Å². The average Bonchev–Trinajstić information content (AvgIpc) is 1.18. The summed E-state index contributed by atoms with van der Waals surface area (Å²) in [7, 11) is 6.52. The molecule has 488 valence electrons. The number of ether oxygens (including phenoxy) is 12. The molecule has 0 aromatic heterocycles. The fourth-order valence-electron chi connectivity index (χ4n) is 9.96. The van der Waals surface area contributed by atoms with Crippen LogP contribution < -0.4 is 18.9 Å². The molecule has 0 amide bonds. The van der Waals surface area contributed by atoms with Crippen molar-refractivity contribution in [3.8, 4) is 23.0 Å². The molecule has 14 nitrogen and oxygen atoms in total. The molecule has 0 saturated carbocycles. The van der Waals surface area contributed by atoms with Crippen LogP contribution in [0.4, 0.5) is 0 Å². The van der Waals surface area contributed by atoms with E-state index in [4.69, 9.17) is 56.8 Å². The number of hydrogen-bond donors (Lipinski definition) is 0. The summed E-state index contributed by atoms with van der Waals surface area (Å²) in [5, 5.41) is 0. The maximum Gasteiger partial charge on any atom is 0.306 e. The van der Waals surface area contributed by atoms with Gasteiger partial charge in [0.2, 0.25) is 0 Å². The summed E-state index contributed by atoms with van der Waals surface area (Å²) < 4.78 is 75.0. The summed E-state index contributed by atoms with van der Waals surface area (Å²) in [6, 6.07) is 30.6. The van der Waals surface area contributed by atoms with E-state index in [-0.39, 0.29) is 59.1 Å². The SMILES string of the molecule is CC/C=C\C/C=C\C/C=C\C/C=C\C/C=C\CCCC(=O)OCC(CO[C@@H]1O[C@H](COCc2ccc(OC)cc2)[C@H](OCc2ccc(OC)cc2)[C@H](OCc2ccc(OC)cc2)[C@H]1OCc1ccc(OC)cc1)OC(=O)CCCCCCCCCCCCC. The number of hydrogen-bond acceptors (Lipinski definition) is 14. The zero-order chi connectivity index (χ0) is 63.2. The predicted octanol–water partition coefficient (Wildman–Crippen LogP) is 16.8. The lowest BCUT2D eigenvalue weighted by molar-refractivity contribution is -0.331. The molecule has 5 rings (SSSR count). The molecule has 1 heterocycles. The van der Waals surface area contributed by atoms with Crippen LogP contribution in [0.25, 0.3) is 0 Å². The summed E-state index contributed by atoms with van der Waals surface area (Å²) >= 11 is 0. The molecule has 1 aliphatic heterocycles. The minimum absolute atomic E-state index is 0.0708. The van der Waals surface area contributed by atoms with Crippen LogP contribution in [0.2, 0.25) is 0 Å². The van der Waals surface area contributed by atoms with E-state index in [0.717, 1.165) is 91.5 Å². The number of allylic oxidation sites excluding steroid dienone is 10. The van der Waals surface area contributed by atoms with Crippen LogP contribution >= 0.6 is 0 Å². The number of methoxy groups -OCH3 is 4. The van der Waals surface area contributed by atoms with Gasteiger partial charge in [-0.1, -0.05) is 187 Å². The number of benzene rings is 4. The van der Waals surface area contributed by atoms with Crippen molar-refractivity contribution in [2.45, 2.75) is 206 Å². The predicted molar refractivity (Wildman–Crippen MR) is 352 cm³/mol. The first-order valence-electron chi connectivity index (χ1n) is 32.6. The molecule has 1 aliphatic rings. The van der Waals surface area contributed by atoms with E-state index in [1.54, 1.807) is 28.4 Å². The van der Waals surface area contributed by atoms with Crippen molar-refractivity contribution >= 4 is 11.9 Å². The van der Waals surface area contributed by atoms with Crippen LogP contribution in [0.5, 0.6) is 23.0 Å².